The van der Waals surface area contributed by atoms with Crippen LogP contribution in [0.1, 0.15) is 36.7 Å². The molecule has 1 fully saturated rings. The molecular formula is C15H20N4O3S. The fraction of sp³-hybridized carbons (Fsp3) is 0.467. The number of aromatic amines is 1. The number of ether oxygens (including phenoxy) is 1. The second-order valence-corrected chi connectivity index (χ2v) is 7.51. The maximum Gasteiger partial charge on any atom is 0.247 e. The largest absolute Gasteiger partial charge is 0.495 e. The standard InChI is InChI=1S/C15H20N4O3S/c1-11-6-7-13(22-2)14(9-11)23(20,21)19-8-4-3-5-12(19)15-16-10-17-18-15/h6-7,9-10,12H,3-5,8H2,1-2H3,(H,16,17,18)/t12-/m0/s1. The summed E-state index contributed by atoms with van der Waals surface area (Å²) in [5.41, 5.74) is 0.873. The van der Waals surface area contributed by atoms with E-state index in [4.69, 9.17) is 4.74 Å². The SMILES string of the molecule is COc1ccc(C)cc1S(=O)(=O)N1CCCC[C@H]1c1ncn[nH]1. The molecule has 1 atom stereocenters. The molecule has 0 saturated carbocycles. The monoisotopic (exact) mass is 336 g/mol. The molecule has 0 unspecified atom stereocenters. The minimum atomic E-state index is -3.68. The molecular weight excluding hydrogens is 316 g/mol. The molecule has 0 radical (unpaired) electrons. The van der Waals surface area contributed by atoms with Gasteiger partial charge in [-0.05, 0) is 37.5 Å². The van der Waals surface area contributed by atoms with Crippen molar-refractivity contribution < 1.29 is 13.2 Å². The van der Waals surface area contributed by atoms with Crippen molar-refractivity contribution in [3.05, 3.63) is 35.9 Å². The van der Waals surface area contributed by atoms with E-state index >= 15 is 0 Å². The highest BCUT2D eigenvalue weighted by Gasteiger charge is 2.37. The first-order valence-electron chi connectivity index (χ1n) is 7.56. The fourth-order valence-electron chi connectivity index (χ4n) is 2.95. The number of benzene rings is 1. The lowest BCUT2D eigenvalue weighted by molar-refractivity contribution is 0.246. The molecule has 0 spiro atoms. The first kappa shape index (κ1) is 15.9. The van der Waals surface area contributed by atoms with Gasteiger partial charge in [-0.25, -0.2) is 13.4 Å². The van der Waals surface area contributed by atoms with Gasteiger partial charge >= 0.3 is 0 Å². The van der Waals surface area contributed by atoms with Crippen molar-refractivity contribution in [2.75, 3.05) is 13.7 Å². The first-order valence-corrected chi connectivity index (χ1v) is 9.00. The van der Waals surface area contributed by atoms with Gasteiger partial charge in [0.15, 0.2) is 0 Å². The van der Waals surface area contributed by atoms with Gasteiger partial charge in [0.05, 0.1) is 13.2 Å². The number of H-pyrrole nitrogens is 1. The normalized spacial score (nSPS) is 19.7. The van der Waals surface area contributed by atoms with Gasteiger partial charge in [0.2, 0.25) is 10.0 Å². The molecule has 1 aliphatic rings. The fourth-order valence-corrected chi connectivity index (χ4v) is 4.86. The van der Waals surface area contributed by atoms with Crippen molar-refractivity contribution in [3.63, 3.8) is 0 Å². The third-order valence-corrected chi connectivity index (χ3v) is 6.04. The summed E-state index contributed by atoms with van der Waals surface area (Å²) in [5.74, 6) is 0.942. The molecule has 7 nitrogen and oxygen atoms in total. The number of nitrogens with zero attached hydrogens (tertiary/aromatic N) is 3. The third-order valence-electron chi connectivity index (χ3n) is 4.11. The van der Waals surface area contributed by atoms with Crippen molar-refractivity contribution in [1.29, 1.82) is 0 Å². The molecule has 8 heteroatoms. The number of hydrogen-bond donors (Lipinski definition) is 1. The predicted molar refractivity (Wildman–Crippen MR) is 84.6 cm³/mol. The number of hydrogen-bond acceptors (Lipinski definition) is 5. The molecule has 2 heterocycles. The van der Waals surface area contributed by atoms with Gasteiger partial charge in [0.1, 0.15) is 22.8 Å². The van der Waals surface area contributed by atoms with Gasteiger partial charge in [-0.15, -0.1) is 0 Å². The van der Waals surface area contributed by atoms with Crippen molar-refractivity contribution in [1.82, 2.24) is 19.5 Å². The predicted octanol–water partition coefficient (Wildman–Crippen LogP) is 2.04. The summed E-state index contributed by atoms with van der Waals surface area (Å²) in [7, 11) is -2.20. The summed E-state index contributed by atoms with van der Waals surface area (Å²) in [5, 5.41) is 6.65. The zero-order chi connectivity index (χ0) is 16.4. The van der Waals surface area contributed by atoms with Gasteiger partial charge in [-0.3, -0.25) is 5.10 Å². The highest BCUT2D eigenvalue weighted by atomic mass is 32.2. The average molecular weight is 336 g/mol. The first-order chi connectivity index (χ1) is 11.0. The Morgan fingerprint density at radius 1 is 1.35 bits per heavy atom. The number of piperidine rings is 1. The molecule has 1 aliphatic heterocycles. The van der Waals surface area contributed by atoms with E-state index in [2.05, 4.69) is 15.2 Å². The van der Waals surface area contributed by atoms with E-state index < -0.39 is 10.0 Å². The van der Waals surface area contributed by atoms with Crippen LogP contribution < -0.4 is 4.74 Å². The molecule has 0 amide bonds. The molecule has 124 valence electrons. The van der Waals surface area contributed by atoms with Gasteiger partial charge in [-0.2, -0.15) is 9.40 Å². The molecule has 1 saturated heterocycles. The van der Waals surface area contributed by atoms with Crippen LogP contribution in [0.25, 0.3) is 0 Å². The number of methoxy groups -OCH3 is 1. The van der Waals surface area contributed by atoms with Gasteiger partial charge in [-0.1, -0.05) is 12.5 Å². The summed E-state index contributed by atoms with van der Waals surface area (Å²) < 4.78 is 33.2. The molecule has 3 rings (SSSR count). The molecule has 0 bridgehead atoms. The Bertz CT molecular complexity index is 774. The van der Waals surface area contributed by atoms with E-state index in [9.17, 15) is 8.42 Å². The van der Waals surface area contributed by atoms with E-state index in [1.54, 1.807) is 12.1 Å². The Morgan fingerprint density at radius 3 is 2.87 bits per heavy atom. The molecule has 1 aromatic carbocycles. The number of rotatable bonds is 4. The van der Waals surface area contributed by atoms with E-state index in [0.717, 1.165) is 24.8 Å². The van der Waals surface area contributed by atoms with Crippen molar-refractivity contribution in [3.8, 4) is 5.75 Å². The number of sulfonamides is 1. The van der Waals surface area contributed by atoms with Crippen LogP contribution in [-0.4, -0.2) is 41.6 Å². The van der Waals surface area contributed by atoms with Crippen LogP contribution in [0.5, 0.6) is 5.75 Å². The molecule has 0 aliphatic carbocycles. The smallest absolute Gasteiger partial charge is 0.247 e. The summed E-state index contributed by atoms with van der Waals surface area (Å²) in [6.07, 6.45) is 3.92. The lowest BCUT2D eigenvalue weighted by atomic mass is 10.0. The summed E-state index contributed by atoms with van der Waals surface area (Å²) in [4.78, 5) is 4.35. The van der Waals surface area contributed by atoms with E-state index in [-0.39, 0.29) is 10.9 Å². The maximum atomic E-state index is 13.2. The molecule has 23 heavy (non-hydrogen) atoms. The average Bonchev–Trinajstić information content (AvgIpc) is 3.09. The van der Waals surface area contributed by atoms with Crippen LogP contribution in [0.15, 0.2) is 29.4 Å². The second kappa shape index (κ2) is 6.29. The highest BCUT2D eigenvalue weighted by Crippen LogP contribution is 2.36. The summed E-state index contributed by atoms with van der Waals surface area (Å²) in [6.45, 7) is 2.33. The number of nitrogens with one attached hydrogen (secondary N) is 1. The quantitative estimate of drug-likeness (QED) is 0.923. The molecule has 2 aromatic rings. The van der Waals surface area contributed by atoms with Gasteiger partial charge < -0.3 is 4.74 Å². The number of aromatic nitrogens is 3. The van der Waals surface area contributed by atoms with E-state index in [1.807, 2.05) is 13.0 Å². The Kier molecular flexibility index (Phi) is 4.36. The van der Waals surface area contributed by atoms with E-state index in [0.29, 0.717) is 18.1 Å². The number of aryl methyl sites for hydroxylation is 1. The lowest BCUT2D eigenvalue weighted by Crippen LogP contribution is -2.39. The lowest BCUT2D eigenvalue weighted by Gasteiger charge is -2.33. The Morgan fingerprint density at radius 2 is 2.17 bits per heavy atom. The van der Waals surface area contributed by atoms with Crippen molar-refractivity contribution >= 4 is 10.0 Å². The van der Waals surface area contributed by atoms with Crippen molar-refractivity contribution in [2.45, 2.75) is 37.1 Å². The van der Waals surface area contributed by atoms with E-state index in [1.165, 1.54) is 17.7 Å². The van der Waals surface area contributed by atoms with Crippen LogP contribution in [-0.2, 0) is 10.0 Å². The van der Waals surface area contributed by atoms with Crippen molar-refractivity contribution in [2.24, 2.45) is 0 Å². The third kappa shape index (κ3) is 2.96. The zero-order valence-electron chi connectivity index (χ0n) is 13.2. The van der Waals surface area contributed by atoms with Gasteiger partial charge in [0.25, 0.3) is 0 Å². The molecule has 1 aromatic heterocycles. The minimum Gasteiger partial charge on any atom is -0.495 e. The van der Waals surface area contributed by atoms with Gasteiger partial charge in [0, 0.05) is 6.54 Å². The summed E-state index contributed by atoms with van der Waals surface area (Å²) >= 11 is 0. The van der Waals surface area contributed by atoms with Crippen LogP contribution in [0.2, 0.25) is 0 Å². The minimum absolute atomic E-state index is 0.200. The topological polar surface area (TPSA) is 88.2 Å². The zero-order valence-corrected chi connectivity index (χ0v) is 14.0. The van der Waals surface area contributed by atoms with Crippen LogP contribution in [0.3, 0.4) is 0 Å². The maximum absolute atomic E-state index is 13.2. The summed E-state index contributed by atoms with van der Waals surface area (Å²) in [6, 6.07) is 4.86. The van der Waals surface area contributed by atoms with Crippen LogP contribution in [0.4, 0.5) is 0 Å². The second-order valence-electron chi connectivity index (χ2n) is 5.65. The molecule has 1 N–H and O–H groups in total. The Labute approximate surface area is 135 Å². The van der Waals surface area contributed by atoms with Crippen LogP contribution >= 0.6 is 0 Å². The highest BCUT2D eigenvalue weighted by molar-refractivity contribution is 7.89. The van der Waals surface area contributed by atoms with Crippen LogP contribution in [0, 0.1) is 6.92 Å². The Balaban J connectivity index is 2.05. The Hall–Kier alpha value is -1.93.